The Balaban J connectivity index is 1.38. The van der Waals surface area contributed by atoms with E-state index in [2.05, 4.69) is 41.1 Å². The Hall–Kier alpha value is -2.65. The Kier molecular flexibility index (Phi) is 4.95. The van der Waals surface area contributed by atoms with Gasteiger partial charge in [-0.3, -0.25) is 9.69 Å². The largest absolute Gasteiger partial charge is 0.355 e. The number of likely N-dealkylation sites (tertiary alicyclic amines) is 2. The fourth-order valence-electron chi connectivity index (χ4n) is 4.19. The maximum absolute atomic E-state index is 12.6. The van der Waals surface area contributed by atoms with Gasteiger partial charge in [0.1, 0.15) is 11.9 Å². The monoisotopic (exact) mass is 363 g/mol. The van der Waals surface area contributed by atoms with Crippen LogP contribution in [0.1, 0.15) is 19.3 Å². The molecular formula is C21H25N5O. The van der Waals surface area contributed by atoms with Gasteiger partial charge in [-0.05, 0) is 37.5 Å². The van der Waals surface area contributed by atoms with Crippen LogP contribution in [0.5, 0.6) is 0 Å². The molecule has 6 heteroatoms. The third-order valence-corrected chi connectivity index (χ3v) is 5.82. The molecule has 6 nitrogen and oxygen atoms in total. The standard InChI is InChI=1S/C21H25N5O/c1-24(20-9-8-16-5-2-3-7-19(16)23-20)18-10-12-25(14-18)15-21(27)26-11-4-6-17(26)13-22/h2-3,5,7-9,17-18H,4,6,10-12,14-15H2,1H3/t17?,18-/m1/s1. The number of para-hydroxylation sites is 1. The number of likely N-dealkylation sites (N-methyl/N-ethyl adjacent to an activating group) is 1. The van der Waals surface area contributed by atoms with E-state index in [0.717, 1.165) is 55.6 Å². The van der Waals surface area contributed by atoms with Gasteiger partial charge in [0, 0.05) is 38.1 Å². The van der Waals surface area contributed by atoms with Crippen molar-refractivity contribution in [3.8, 4) is 6.07 Å². The first-order chi connectivity index (χ1) is 13.2. The highest BCUT2D eigenvalue weighted by Crippen LogP contribution is 2.23. The van der Waals surface area contributed by atoms with Crippen LogP contribution in [-0.4, -0.2) is 66.0 Å². The Morgan fingerprint density at radius 2 is 2.11 bits per heavy atom. The molecule has 1 aromatic heterocycles. The molecule has 2 atom stereocenters. The molecule has 0 bridgehead atoms. The minimum absolute atomic E-state index is 0.0891. The molecule has 0 N–H and O–H groups in total. The number of anilines is 1. The number of nitrogens with zero attached hydrogens (tertiary/aromatic N) is 5. The van der Waals surface area contributed by atoms with Crippen LogP contribution in [0.2, 0.25) is 0 Å². The van der Waals surface area contributed by atoms with Gasteiger partial charge in [-0.15, -0.1) is 0 Å². The molecule has 27 heavy (non-hydrogen) atoms. The third-order valence-electron chi connectivity index (χ3n) is 5.82. The Morgan fingerprint density at radius 1 is 1.26 bits per heavy atom. The maximum Gasteiger partial charge on any atom is 0.237 e. The van der Waals surface area contributed by atoms with Crippen molar-refractivity contribution in [1.82, 2.24) is 14.8 Å². The number of benzene rings is 1. The first kappa shape index (κ1) is 17.7. The highest BCUT2D eigenvalue weighted by Gasteiger charge is 2.32. The zero-order valence-corrected chi connectivity index (χ0v) is 15.7. The van der Waals surface area contributed by atoms with Crippen LogP contribution in [0.4, 0.5) is 5.82 Å². The van der Waals surface area contributed by atoms with Crippen molar-refractivity contribution in [3.05, 3.63) is 36.4 Å². The van der Waals surface area contributed by atoms with E-state index in [0.29, 0.717) is 12.6 Å². The predicted octanol–water partition coefficient (Wildman–Crippen LogP) is 2.26. The molecule has 0 spiro atoms. The van der Waals surface area contributed by atoms with Gasteiger partial charge < -0.3 is 9.80 Å². The van der Waals surface area contributed by atoms with Gasteiger partial charge in [0.05, 0.1) is 18.1 Å². The summed E-state index contributed by atoms with van der Waals surface area (Å²) in [7, 11) is 2.08. The molecule has 2 fully saturated rings. The van der Waals surface area contributed by atoms with E-state index in [1.54, 1.807) is 4.90 Å². The average molecular weight is 363 g/mol. The summed E-state index contributed by atoms with van der Waals surface area (Å²) < 4.78 is 0. The number of nitriles is 1. The van der Waals surface area contributed by atoms with E-state index in [1.165, 1.54) is 0 Å². The lowest BCUT2D eigenvalue weighted by Gasteiger charge is -2.27. The SMILES string of the molecule is CN(c1ccc2ccccc2n1)[C@@H]1CCN(CC(=O)N2CCCC2C#N)C1. The van der Waals surface area contributed by atoms with E-state index in [4.69, 9.17) is 4.98 Å². The molecule has 140 valence electrons. The van der Waals surface area contributed by atoms with Gasteiger partial charge in [0.25, 0.3) is 0 Å². The molecule has 4 rings (SSSR count). The Labute approximate surface area is 160 Å². The molecule has 2 saturated heterocycles. The van der Waals surface area contributed by atoms with Crippen LogP contribution in [0.15, 0.2) is 36.4 Å². The van der Waals surface area contributed by atoms with Gasteiger partial charge in [0.15, 0.2) is 0 Å². The average Bonchev–Trinajstić information content (AvgIpc) is 3.36. The number of carbonyl (C=O) groups excluding carboxylic acids is 1. The topological polar surface area (TPSA) is 63.5 Å². The van der Waals surface area contributed by atoms with Gasteiger partial charge in [0.2, 0.25) is 5.91 Å². The van der Waals surface area contributed by atoms with E-state index < -0.39 is 0 Å². The highest BCUT2D eigenvalue weighted by atomic mass is 16.2. The Bertz CT molecular complexity index is 876. The lowest BCUT2D eigenvalue weighted by molar-refractivity contribution is -0.132. The fourth-order valence-corrected chi connectivity index (χ4v) is 4.19. The first-order valence-electron chi connectivity index (χ1n) is 9.66. The molecule has 1 unspecified atom stereocenters. The van der Waals surface area contributed by atoms with Crippen molar-refractivity contribution >= 4 is 22.6 Å². The number of fused-ring (bicyclic) bond motifs is 1. The van der Waals surface area contributed by atoms with Crippen LogP contribution in [0, 0.1) is 11.3 Å². The maximum atomic E-state index is 12.6. The molecule has 3 heterocycles. The first-order valence-corrected chi connectivity index (χ1v) is 9.66. The number of aromatic nitrogens is 1. The quantitative estimate of drug-likeness (QED) is 0.834. The van der Waals surface area contributed by atoms with Crippen LogP contribution < -0.4 is 4.90 Å². The number of amides is 1. The number of hydrogen-bond acceptors (Lipinski definition) is 5. The van der Waals surface area contributed by atoms with Crippen LogP contribution >= 0.6 is 0 Å². The molecule has 2 aliphatic heterocycles. The summed E-state index contributed by atoms with van der Waals surface area (Å²) in [6.45, 7) is 2.88. The van der Waals surface area contributed by atoms with Crippen LogP contribution in [0.25, 0.3) is 10.9 Å². The summed E-state index contributed by atoms with van der Waals surface area (Å²) in [5.74, 6) is 1.06. The van der Waals surface area contributed by atoms with Gasteiger partial charge >= 0.3 is 0 Å². The molecule has 0 aliphatic carbocycles. The second-order valence-electron chi connectivity index (χ2n) is 7.52. The van der Waals surface area contributed by atoms with Crippen molar-refractivity contribution in [2.24, 2.45) is 0 Å². The Morgan fingerprint density at radius 3 is 2.96 bits per heavy atom. The summed E-state index contributed by atoms with van der Waals surface area (Å²) in [4.78, 5) is 23.5. The third kappa shape index (κ3) is 3.60. The summed E-state index contributed by atoms with van der Waals surface area (Å²) in [5, 5.41) is 10.3. The molecular weight excluding hydrogens is 338 g/mol. The summed E-state index contributed by atoms with van der Waals surface area (Å²) >= 11 is 0. The molecule has 1 amide bonds. The second kappa shape index (κ2) is 7.53. The van der Waals surface area contributed by atoms with Gasteiger partial charge in [-0.25, -0.2) is 4.98 Å². The summed E-state index contributed by atoms with van der Waals surface area (Å²) in [6.07, 6.45) is 2.75. The number of hydrogen-bond donors (Lipinski definition) is 0. The lowest BCUT2D eigenvalue weighted by atomic mass is 10.2. The van der Waals surface area contributed by atoms with Crippen molar-refractivity contribution in [2.45, 2.75) is 31.3 Å². The van der Waals surface area contributed by atoms with E-state index in [-0.39, 0.29) is 11.9 Å². The number of pyridine rings is 1. The summed E-state index contributed by atoms with van der Waals surface area (Å²) in [6, 6.07) is 14.7. The van der Waals surface area contributed by atoms with Crippen molar-refractivity contribution in [3.63, 3.8) is 0 Å². The zero-order chi connectivity index (χ0) is 18.8. The fraction of sp³-hybridized carbons (Fsp3) is 0.476. The molecule has 0 saturated carbocycles. The predicted molar refractivity (Wildman–Crippen MR) is 105 cm³/mol. The smallest absolute Gasteiger partial charge is 0.237 e. The van der Waals surface area contributed by atoms with Crippen molar-refractivity contribution < 1.29 is 4.79 Å². The summed E-state index contributed by atoms with van der Waals surface area (Å²) in [5.41, 5.74) is 1.00. The van der Waals surface area contributed by atoms with E-state index in [1.807, 2.05) is 18.2 Å². The molecule has 1 aromatic carbocycles. The molecule has 0 radical (unpaired) electrons. The van der Waals surface area contributed by atoms with Crippen molar-refractivity contribution in [2.75, 3.05) is 38.1 Å². The van der Waals surface area contributed by atoms with E-state index >= 15 is 0 Å². The second-order valence-corrected chi connectivity index (χ2v) is 7.52. The number of rotatable bonds is 4. The van der Waals surface area contributed by atoms with Crippen molar-refractivity contribution in [1.29, 1.82) is 5.26 Å². The van der Waals surface area contributed by atoms with Crippen LogP contribution in [-0.2, 0) is 4.79 Å². The molecule has 2 aliphatic rings. The van der Waals surface area contributed by atoms with Gasteiger partial charge in [-0.1, -0.05) is 18.2 Å². The normalized spacial score (nSPS) is 22.9. The minimum Gasteiger partial charge on any atom is -0.355 e. The van der Waals surface area contributed by atoms with E-state index in [9.17, 15) is 10.1 Å². The van der Waals surface area contributed by atoms with Crippen LogP contribution in [0.3, 0.4) is 0 Å². The zero-order valence-electron chi connectivity index (χ0n) is 15.7. The highest BCUT2D eigenvalue weighted by molar-refractivity contribution is 5.80. The molecule has 2 aromatic rings. The minimum atomic E-state index is -0.236. The lowest BCUT2D eigenvalue weighted by Crippen LogP contribution is -2.43. The number of carbonyl (C=O) groups is 1. The van der Waals surface area contributed by atoms with Gasteiger partial charge in [-0.2, -0.15) is 5.26 Å².